The van der Waals surface area contributed by atoms with Gasteiger partial charge >= 0.3 is 0 Å². The van der Waals surface area contributed by atoms with Crippen molar-refractivity contribution in [3.8, 4) is 0 Å². The largest absolute Gasteiger partial charge is 0.374 e. The van der Waals surface area contributed by atoms with Crippen molar-refractivity contribution in [1.82, 2.24) is 5.32 Å². The Bertz CT molecular complexity index is 375. The Morgan fingerprint density at radius 3 is 2.72 bits per heavy atom. The van der Waals surface area contributed by atoms with Crippen molar-refractivity contribution in [2.75, 3.05) is 25.0 Å². The first-order chi connectivity index (χ1) is 8.72. The van der Waals surface area contributed by atoms with Crippen molar-refractivity contribution in [3.05, 3.63) is 29.8 Å². The van der Waals surface area contributed by atoms with Gasteiger partial charge in [-0.2, -0.15) is 0 Å². The Kier molecular flexibility index (Phi) is 4.65. The maximum absolute atomic E-state index is 3.50. The Morgan fingerprint density at radius 1 is 1.33 bits per heavy atom. The number of anilines is 1. The molecular weight excluding hydrogens is 220 g/mol. The van der Waals surface area contributed by atoms with Crippen LogP contribution in [0.3, 0.4) is 0 Å². The van der Waals surface area contributed by atoms with Crippen LogP contribution in [0.5, 0.6) is 0 Å². The molecule has 1 N–H and O–H groups in total. The molecule has 18 heavy (non-hydrogen) atoms. The monoisotopic (exact) mass is 246 g/mol. The summed E-state index contributed by atoms with van der Waals surface area (Å²) in [5, 5.41) is 3.50. The van der Waals surface area contributed by atoms with E-state index in [2.05, 4.69) is 55.4 Å². The summed E-state index contributed by atoms with van der Waals surface area (Å²) in [5.74, 6) is 1.84. The first kappa shape index (κ1) is 13.4. The van der Waals surface area contributed by atoms with E-state index in [1.54, 1.807) is 0 Å². The minimum atomic E-state index is 0.909. The molecule has 0 saturated heterocycles. The predicted octanol–water partition coefficient (Wildman–Crippen LogP) is 3.28. The lowest BCUT2D eigenvalue weighted by atomic mass is 10.1. The van der Waals surface area contributed by atoms with E-state index in [0.717, 1.165) is 24.9 Å². The van der Waals surface area contributed by atoms with Crippen LogP contribution in [0.1, 0.15) is 32.3 Å². The molecule has 0 radical (unpaired) electrons. The normalized spacial score (nSPS) is 21.9. The molecule has 1 aromatic carbocycles. The zero-order valence-electron chi connectivity index (χ0n) is 11.9. The van der Waals surface area contributed by atoms with Crippen molar-refractivity contribution in [3.63, 3.8) is 0 Å². The Labute approximate surface area is 111 Å². The van der Waals surface area contributed by atoms with E-state index in [0.29, 0.717) is 0 Å². The van der Waals surface area contributed by atoms with Crippen LogP contribution in [0.15, 0.2) is 24.3 Å². The molecule has 0 aromatic heterocycles. The average Bonchev–Trinajstić information content (AvgIpc) is 3.05. The molecule has 1 fully saturated rings. The van der Waals surface area contributed by atoms with Gasteiger partial charge in [-0.1, -0.05) is 32.0 Å². The van der Waals surface area contributed by atoms with Crippen LogP contribution in [0.25, 0.3) is 0 Å². The van der Waals surface area contributed by atoms with Gasteiger partial charge in [-0.05, 0) is 42.9 Å². The first-order valence-electron chi connectivity index (χ1n) is 7.22. The maximum Gasteiger partial charge on any atom is 0.0409 e. The quantitative estimate of drug-likeness (QED) is 0.743. The number of hydrogen-bond acceptors (Lipinski definition) is 2. The summed E-state index contributed by atoms with van der Waals surface area (Å²) < 4.78 is 0. The topological polar surface area (TPSA) is 15.3 Å². The lowest BCUT2D eigenvalue weighted by Gasteiger charge is -2.22. The molecule has 0 amide bonds. The van der Waals surface area contributed by atoms with Crippen LogP contribution in [0.4, 0.5) is 5.69 Å². The molecule has 1 aromatic rings. The van der Waals surface area contributed by atoms with Crippen LogP contribution in [-0.4, -0.2) is 20.1 Å². The summed E-state index contributed by atoms with van der Waals surface area (Å²) in [6.45, 7) is 7.84. The molecule has 2 heteroatoms. The fourth-order valence-corrected chi connectivity index (χ4v) is 2.54. The highest BCUT2D eigenvalue weighted by molar-refractivity contribution is 5.53. The molecule has 0 heterocycles. The summed E-state index contributed by atoms with van der Waals surface area (Å²) in [6.07, 6.45) is 2.60. The first-order valence-corrected chi connectivity index (χ1v) is 7.22. The molecule has 2 unspecified atom stereocenters. The zero-order valence-corrected chi connectivity index (χ0v) is 11.9. The third-order valence-corrected chi connectivity index (χ3v) is 3.93. The van der Waals surface area contributed by atoms with Gasteiger partial charge in [0.1, 0.15) is 0 Å². The summed E-state index contributed by atoms with van der Waals surface area (Å²) in [5.41, 5.74) is 2.81. The van der Waals surface area contributed by atoms with Crippen LogP contribution < -0.4 is 10.2 Å². The molecule has 100 valence electrons. The highest BCUT2D eigenvalue weighted by atomic mass is 15.1. The molecule has 0 aliphatic heterocycles. The molecule has 1 aliphatic rings. The van der Waals surface area contributed by atoms with Crippen molar-refractivity contribution in [2.24, 2.45) is 11.8 Å². The molecule has 0 spiro atoms. The van der Waals surface area contributed by atoms with Gasteiger partial charge in [0, 0.05) is 25.8 Å². The lowest BCUT2D eigenvalue weighted by Crippen LogP contribution is -2.23. The molecule has 2 rings (SSSR count). The van der Waals surface area contributed by atoms with Gasteiger partial charge in [0.05, 0.1) is 0 Å². The zero-order chi connectivity index (χ0) is 13.0. The number of para-hydroxylation sites is 1. The third-order valence-electron chi connectivity index (χ3n) is 3.93. The SMILES string of the molecule is CCCNCc1ccccc1N(C)CC1CC1C. The van der Waals surface area contributed by atoms with E-state index in [1.807, 2.05) is 0 Å². The lowest BCUT2D eigenvalue weighted by molar-refractivity contribution is 0.670. The van der Waals surface area contributed by atoms with Crippen molar-refractivity contribution < 1.29 is 0 Å². The standard InChI is InChI=1S/C16H26N2/c1-4-9-17-11-14-7-5-6-8-16(14)18(3)12-15-10-13(15)2/h5-8,13,15,17H,4,9-12H2,1-3H3. The van der Waals surface area contributed by atoms with E-state index in [1.165, 1.54) is 30.6 Å². The van der Waals surface area contributed by atoms with Gasteiger partial charge in [-0.25, -0.2) is 0 Å². The minimum Gasteiger partial charge on any atom is -0.374 e. The average molecular weight is 246 g/mol. The number of hydrogen-bond donors (Lipinski definition) is 1. The highest BCUT2D eigenvalue weighted by Crippen LogP contribution is 2.39. The molecule has 1 saturated carbocycles. The summed E-state index contributed by atoms with van der Waals surface area (Å²) in [7, 11) is 2.23. The van der Waals surface area contributed by atoms with Gasteiger partial charge in [-0.15, -0.1) is 0 Å². The summed E-state index contributed by atoms with van der Waals surface area (Å²) in [4.78, 5) is 2.43. The predicted molar refractivity (Wildman–Crippen MR) is 79.0 cm³/mol. The van der Waals surface area contributed by atoms with Crippen LogP contribution in [0.2, 0.25) is 0 Å². The van der Waals surface area contributed by atoms with Gasteiger partial charge in [0.15, 0.2) is 0 Å². The van der Waals surface area contributed by atoms with Gasteiger partial charge in [0.25, 0.3) is 0 Å². The van der Waals surface area contributed by atoms with Crippen molar-refractivity contribution in [2.45, 2.75) is 33.2 Å². The van der Waals surface area contributed by atoms with E-state index in [-0.39, 0.29) is 0 Å². The van der Waals surface area contributed by atoms with Crippen LogP contribution in [-0.2, 0) is 6.54 Å². The van der Waals surface area contributed by atoms with Crippen LogP contribution >= 0.6 is 0 Å². The van der Waals surface area contributed by atoms with E-state index >= 15 is 0 Å². The smallest absolute Gasteiger partial charge is 0.0409 e. The number of rotatable bonds is 7. The van der Waals surface area contributed by atoms with E-state index in [4.69, 9.17) is 0 Å². The van der Waals surface area contributed by atoms with E-state index in [9.17, 15) is 0 Å². The fraction of sp³-hybridized carbons (Fsp3) is 0.625. The molecule has 2 atom stereocenters. The third kappa shape index (κ3) is 3.49. The summed E-state index contributed by atoms with van der Waals surface area (Å²) in [6, 6.07) is 8.77. The number of benzene rings is 1. The Hall–Kier alpha value is -1.02. The van der Waals surface area contributed by atoms with Gasteiger partial charge in [0.2, 0.25) is 0 Å². The molecule has 0 bridgehead atoms. The second-order valence-corrected chi connectivity index (χ2v) is 5.66. The Balaban J connectivity index is 1.96. The molecular formula is C16H26N2. The summed E-state index contributed by atoms with van der Waals surface area (Å²) >= 11 is 0. The van der Waals surface area contributed by atoms with Crippen molar-refractivity contribution in [1.29, 1.82) is 0 Å². The second-order valence-electron chi connectivity index (χ2n) is 5.66. The molecule has 2 nitrogen and oxygen atoms in total. The van der Waals surface area contributed by atoms with E-state index < -0.39 is 0 Å². The molecule has 1 aliphatic carbocycles. The maximum atomic E-state index is 3.50. The number of nitrogens with one attached hydrogen (secondary N) is 1. The van der Waals surface area contributed by atoms with Gasteiger partial charge in [-0.3, -0.25) is 0 Å². The highest BCUT2D eigenvalue weighted by Gasteiger charge is 2.33. The van der Waals surface area contributed by atoms with Crippen LogP contribution in [0, 0.1) is 11.8 Å². The fourth-order valence-electron chi connectivity index (χ4n) is 2.54. The number of nitrogens with zero attached hydrogens (tertiary/aromatic N) is 1. The minimum absolute atomic E-state index is 0.909. The second kappa shape index (κ2) is 6.24. The Morgan fingerprint density at radius 2 is 2.06 bits per heavy atom. The van der Waals surface area contributed by atoms with Crippen molar-refractivity contribution >= 4 is 5.69 Å². The van der Waals surface area contributed by atoms with Gasteiger partial charge < -0.3 is 10.2 Å².